The van der Waals surface area contributed by atoms with Gasteiger partial charge in [-0.2, -0.15) is 0 Å². The molecule has 0 spiro atoms. The van der Waals surface area contributed by atoms with Crippen LogP contribution in [0.25, 0.3) is 0 Å². The van der Waals surface area contributed by atoms with E-state index >= 15 is 0 Å². The summed E-state index contributed by atoms with van der Waals surface area (Å²) in [6.45, 7) is 5.15. The third-order valence-electron chi connectivity index (χ3n) is 4.05. The molecule has 0 bridgehead atoms. The predicted octanol–water partition coefficient (Wildman–Crippen LogP) is 3.76. The molecule has 2 aromatic carbocycles. The van der Waals surface area contributed by atoms with Crippen molar-refractivity contribution in [1.82, 2.24) is 4.90 Å². The summed E-state index contributed by atoms with van der Waals surface area (Å²) in [5.41, 5.74) is 0.472. The molecular formula is C23H29N3O6. The molecule has 9 nitrogen and oxygen atoms in total. The van der Waals surface area contributed by atoms with E-state index < -0.39 is 11.7 Å². The molecule has 0 heterocycles. The Kier molecular flexibility index (Phi) is 8.06. The monoisotopic (exact) mass is 443 g/mol. The summed E-state index contributed by atoms with van der Waals surface area (Å²) >= 11 is 0. The fourth-order valence-corrected chi connectivity index (χ4v) is 2.50. The third kappa shape index (κ3) is 7.50. The van der Waals surface area contributed by atoms with Crippen LogP contribution in [0.1, 0.15) is 31.1 Å². The van der Waals surface area contributed by atoms with Gasteiger partial charge in [-0.25, -0.2) is 4.79 Å². The molecule has 0 aromatic heterocycles. The Morgan fingerprint density at radius 1 is 1.00 bits per heavy atom. The van der Waals surface area contributed by atoms with Gasteiger partial charge in [0.25, 0.3) is 11.8 Å². The zero-order valence-electron chi connectivity index (χ0n) is 19.1. The molecule has 0 fully saturated rings. The number of carbonyl (C=O) groups is 3. The lowest BCUT2D eigenvalue weighted by atomic mass is 10.2. The van der Waals surface area contributed by atoms with Gasteiger partial charge in [0, 0.05) is 25.3 Å². The maximum atomic E-state index is 12.7. The van der Waals surface area contributed by atoms with Crippen molar-refractivity contribution in [3.05, 3.63) is 48.0 Å². The van der Waals surface area contributed by atoms with Crippen molar-refractivity contribution in [2.45, 2.75) is 26.4 Å². The van der Waals surface area contributed by atoms with Crippen LogP contribution in [-0.2, 0) is 9.53 Å². The molecule has 0 radical (unpaired) electrons. The minimum Gasteiger partial charge on any atom is -0.495 e. The van der Waals surface area contributed by atoms with Crippen molar-refractivity contribution in [3.63, 3.8) is 0 Å². The maximum absolute atomic E-state index is 12.7. The maximum Gasteiger partial charge on any atom is 0.412 e. The van der Waals surface area contributed by atoms with E-state index in [-0.39, 0.29) is 18.4 Å². The molecule has 3 amide bonds. The number of ether oxygens (including phenoxy) is 3. The Hall–Kier alpha value is -3.75. The topological polar surface area (TPSA) is 106 Å². The summed E-state index contributed by atoms with van der Waals surface area (Å²) in [7, 11) is 4.74. The highest BCUT2D eigenvalue weighted by Crippen LogP contribution is 2.29. The van der Waals surface area contributed by atoms with Crippen LogP contribution >= 0.6 is 0 Å². The molecule has 0 atom stereocenters. The fraction of sp³-hybridized carbons (Fsp3) is 0.348. The summed E-state index contributed by atoms with van der Waals surface area (Å²) in [5, 5.41) is 5.39. The van der Waals surface area contributed by atoms with E-state index in [9.17, 15) is 14.4 Å². The van der Waals surface area contributed by atoms with Crippen molar-refractivity contribution in [2.75, 3.05) is 38.4 Å². The average molecular weight is 444 g/mol. The first-order valence-electron chi connectivity index (χ1n) is 9.91. The second-order valence-corrected chi connectivity index (χ2v) is 8.10. The number of nitrogens with zero attached hydrogens (tertiary/aromatic N) is 1. The van der Waals surface area contributed by atoms with E-state index in [0.717, 1.165) is 0 Å². The molecule has 0 saturated heterocycles. The molecule has 0 aliphatic heterocycles. The van der Waals surface area contributed by atoms with Crippen molar-refractivity contribution in [1.29, 1.82) is 0 Å². The van der Waals surface area contributed by atoms with Crippen LogP contribution in [0.4, 0.5) is 16.2 Å². The largest absolute Gasteiger partial charge is 0.495 e. The first-order chi connectivity index (χ1) is 15.0. The van der Waals surface area contributed by atoms with E-state index in [1.165, 1.54) is 12.0 Å². The first kappa shape index (κ1) is 24.5. The SMILES string of the molecule is COc1ccc(NC(=O)c2cccc(OCC(=O)N(C)C)c2)cc1NC(=O)OC(C)(C)C. The highest BCUT2D eigenvalue weighted by Gasteiger charge is 2.18. The molecule has 32 heavy (non-hydrogen) atoms. The summed E-state index contributed by atoms with van der Waals surface area (Å²) in [6, 6.07) is 11.3. The van der Waals surface area contributed by atoms with Crippen molar-refractivity contribution < 1.29 is 28.6 Å². The lowest BCUT2D eigenvalue weighted by Crippen LogP contribution is -2.27. The molecule has 2 N–H and O–H groups in total. The van der Waals surface area contributed by atoms with Crippen LogP contribution in [0, 0.1) is 0 Å². The Balaban J connectivity index is 2.12. The lowest BCUT2D eigenvalue weighted by Gasteiger charge is -2.20. The quantitative estimate of drug-likeness (QED) is 0.675. The van der Waals surface area contributed by atoms with E-state index in [4.69, 9.17) is 14.2 Å². The number of hydrogen-bond acceptors (Lipinski definition) is 6. The Bertz CT molecular complexity index is 982. The number of nitrogens with one attached hydrogen (secondary N) is 2. The third-order valence-corrected chi connectivity index (χ3v) is 4.05. The summed E-state index contributed by atoms with van der Waals surface area (Å²) in [4.78, 5) is 37.9. The van der Waals surface area contributed by atoms with Crippen LogP contribution in [0.15, 0.2) is 42.5 Å². The van der Waals surface area contributed by atoms with Gasteiger partial charge in [0.1, 0.15) is 17.1 Å². The standard InChI is InChI=1S/C23H29N3O6/c1-23(2,3)32-22(29)25-18-13-16(10-11-19(18)30-6)24-21(28)15-8-7-9-17(12-15)31-14-20(27)26(4)5/h7-13H,14H2,1-6H3,(H,24,28)(H,25,29). The van der Waals surface area contributed by atoms with E-state index in [1.807, 2.05) is 0 Å². The van der Waals surface area contributed by atoms with Crippen LogP contribution in [0.2, 0.25) is 0 Å². The van der Waals surface area contributed by atoms with Crippen molar-refractivity contribution in [2.24, 2.45) is 0 Å². The number of hydrogen-bond donors (Lipinski definition) is 2. The number of likely N-dealkylation sites (N-methyl/N-ethyl adjacent to an activating group) is 1. The van der Waals surface area contributed by atoms with Gasteiger partial charge in [-0.05, 0) is 57.2 Å². The molecule has 2 rings (SSSR count). The lowest BCUT2D eigenvalue weighted by molar-refractivity contribution is -0.130. The number of benzene rings is 2. The Morgan fingerprint density at radius 3 is 2.34 bits per heavy atom. The molecule has 0 aliphatic rings. The van der Waals surface area contributed by atoms with Crippen LogP contribution in [0.5, 0.6) is 11.5 Å². The van der Waals surface area contributed by atoms with Gasteiger partial charge in [0.2, 0.25) is 0 Å². The number of methoxy groups -OCH3 is 1. The summed E-state index contributed by atoms with van der Waals surface area (Å²) in [6.07, 6.45) is -0.642. The van der Waals surface area contributed by atoms with E-state index in [2.05, 4.69) is 10.6 Å². The summed E-state index contributed by atoms with van der Waals surface area (Å²) < 4.78 is 16.0. The molecule has 9 heteroatoms. The Labute approximate surface area is 187 Å². The van der Waals surface area contributed by atoms with Gasteiger partial charge < -0.3 is 24.4 Å². The predicted molar refractivity (Wildman–Crippen MR) is 121 cm³/mol. The fourth-order valence-electron chi connectivity index (χ4n) is 2.50. The van der Waals surface area contributed by atoms with Gasteiger partial charge in [0.05, 0.1) is 12.8 Å². The first-order valence-corrected chi connectivity index (χ1v) is 9.91. The van der Waals surface area contributed by atoms with Gasteiger partial charge >= 0.3 is 6.09 Å². The highest BCUT2D eigenvalue weighted by atomic mass is 16.6. The molecule has 2 aromatic rings. The van der Waals surface area contributed by atoms with E-state index in [0.29, 0.717) is 28.4 Å². The highest BCUT2D eigenvalue weighted by molar-refractivity contribution is 6.05. The minimum atomic E-state index is -0.659. The molecule has 172 valence electrons. The minimum absolute atomic E-state index is 0.129. The second-order valence-electron chi connectivity index (χ2n) is 8.10. The van der Waals surface area contributed by atoms with Crippen LogP contribution in [0.3, 0.4) is 0 Å². The number of anilines is 2. The smallest absolute Gasteiger partial charge is 0.412 e. The van der Waals surface area contributed by atoms with Gasteiger partial charge in [-0.1, -0.05) is 6.07 Å². The number of rotatable bonds is 7. The van der Waals surface area contributed by atoms with Crippen molar-refractivity contribution in [3.8, 4) is 11.5 Å². The average Bonchev–Trinajstić information content (AvgIpc) is 2.71. The second kappa shape index (κ2) is 10.5. The van der Waals surface area contributed by atoms with Gasteiger partial charge in [-0.15, -0.1) is 0 Å². The molecule has 0 saturated carbocycles. The zero-order valence-corrected chi connectivity index (χ0v) is 19.1. The number of carbonyl (C=O) groups excluding carboxylic acids is 3. The van der Waals surface area contributed by atoms with Gasteiger partial charge in [-0.3, -0.25) is 14.9 Å². The molecule has 0 aliphatic carbocycles. The van der Waals surface area contributed by atoms with Crippen molar-refractivity contribution >= 4 is 29.3 Å². The Morgan fingerprint density at radius 2 is 1.72 bits per heavy atom. The normalized spacial score (nSPS) is 10.7. The zero-order chi connectivity index (χ0) is 23.9. The summed E-state index contributed by atoms with van der Waals surface area (Å²) in [5.74, 6) is 0.232. The van der Waals surface area contributed by atoms with Crippen LogP contribution < -0.4 is 20.1 Å². The van der Waals surface area contributed by atoms with E-state index in [1.54, 1.807) is 77.3 Å². The molecular weight excluding hydrogens is 414 g/mol. The van der Waals surface area contributed by atoms with Gasteiger partial charge in [0.15, 0.2) is 6.61 Å². The number of amides is 3. The van der Waals surface area contributed by atoms with Crippen LogP contribution in [-0.4, -0.2) is 56.2 Å². The molecule has 0 unspecified atom stereocenters.